The van der Waals surface area contributed by atoms with E-state index in [0.29, 0.717) is 22.2 Å². The largest absolute Gasteiger partial charge is 0.393 e. The molecule has 0 amide bonds. The van der Waals surface area contributed by atoms with Gasteiger partial charge >= 0.3 is 0 Å². The molecule has 0 atom stereocenters. The molecule has 0 radical (unpaired) electrons. The number of anilines is 1. The first-order valence-corrected chi connectivity index (χ1v) is 8.83. The molecule has 4 rings (SSSR count). The second kappa shape index (κ2) is 7.36. The number of rotatable bonds is 4. The summed E-state index contributed by atoms with van der Waals surface area (Å²) in [5, 5.41) is 17.7. The van der Waals surface area contributed by atoms with Crippen molar-refractivity contribution in [1.82, 2.24) is 10.2 Å². The van der Waals surface area contributed by atoms with Crippen LogP contribution in [0.4, 0.5) is 20.2 Å². The first-order valence-electron chi connectivity index (χ1n) is 8.83. The van der Waals surface area contributed by atoms with Gasteiger partial charge in [-0.15, -0.1) is 0 Å². The maximum Gasteiger partial charge on any atom is 0.292 e. The minimum absolute atomic E-state index is 0.0220. The standard InChI is InChI=1S/C21H14F2N4O3/c22-15-6-4-11(8-14(15)12-5-7-17(24)19(10-12)27(29)30)9-18-13-2-1-3-16(23)20(13)21(28)26-25-18/h1-8,10H,9,24H2,(H,26,28). The van der Waals surface area contributed by atoms with Crippen molar-refractivity contribution in [2.24, 2.45) is 0 Å². The summed E-state index contributed by atoms with van der Waals surface area (Å²) < 4.78 is 28.5. The van der Waals surface area contributed by atoms with Gasteiger partial charge in [-0.25, -0.2) is 13.9 Å². The van der Waals surface area contributed by atoms with Gasteiger partial charge in [0.05, 0.1) is 16.0 Å². The molecule has 1 aromatic heterocycles. The van der Waals surface area contributed by atoms with Crippen LogP contribution in [-0.2, 0) is 6.42 Å². The average Bonchev–Trinajstić information content (AvgIpc) is 2.72. The molecular formula is C21H14F2N4O3. The molecular weight excluding hydrogens is 394 g/mol. The van der Waals surface area contributed by atoms with Crippen LogP contribution in [0.15, 0.2) is 59.4 Å². The first-order chi connectivity index (χ1) is 14.3. The fourth-order valence-electron chi connectivity index (χ4n) is 3.33. The van der Waals surface area contributed by atoms with Gasteiger partial charge in [-0.05, 0) is 35.4 Å². The van der Waals surface area contributed by atoms with Gasteiger partial charge in [0.15, 0.2) is 0 Å². The minimum atomic E-state index is -0.661. The Hall–Kier alpha value is -4.14. The number of fused-ring (bicyclic) bond motifs is 1. The van der Waals surface area contributed by atoms with Gasteiger partial charge < -0.3 is 5.73 Å². The number of nitrogen functional groups attached to an aromatic ring is 1. The zero-order valence-corrected chi connectivity index (χ0v) is 15.4. The van der Waals surface area contributed by atoms with Crippen LogP contribution in [0.25, 0.3) is 21.9 Å². The van der Waals surface area contributed by atoms with Crippen LogP contribution in [0.3, 0.4) is 0 Å². The number of H-pyrrole nitrogens is 1. The number of nitrogens with zero attached hydrogens (tertiary/aromatic N) is 2. The summed E-state index contributed by atoms with van der Waals surface area (Å²) in [6.07, 6.45) is 0.182. The second-order valence-electron chi connectivity index (χ2n) is 6.68. The van der Waals surface area contributed by atoms with Gasteiger partial charge in [-0.2, -0.15) is 5.10 Å². The van der Waals surface area contributed by atoms with Crippen LogP contribution in [0.1, 0.15) is 11.3 Å². The predicted molar refractivity (Wildman–Crippen MR) is 108 cm³/mol. The second-order valence-corrected chi connectivity index (χ2v) is 6.68. The van der Waals surface area contributed by atoms with E-state index >= 15 is 0 Å². The van der Waals surface area contributed by atoms with Crippen molar-refractivity contribution in [2.75, 3.05) is 5.73 Å². The Kier molecular flexibility index (Phi) is 4.71. The third kappa shape index (κ3) is 3.37. The van der Waals surface area contributed by atoms with E-state index in [1.54, 1.807) is 6.07 Å². The quantitative estimate of drug-likeness (QED) is 0.301. The van der Waals surface area contributed by atoms with Crippen molar-refractivity contribution in [3.05, 3.63) is 98.0 Å². The summed E-state index contributed by atoms with van der Waals surface area (Å²) >= 11 is 0. The molecule has 3 aromatic carbocycles. The van der Waals surface area contributed by atoms with Gasteiger partial charge in [0.2, 0.25) is 0 Å². The van der Waals surface area contributed by atoms with E-state index in [0.717, 1.165) is 0 Å². The summed E-state index contributed by atoms with van der Waals surface area (Å²) in [5.74, 6) is -1.23. The van der Waals surface area contributed by atoms with Crippen molar-refractivity contribution in [3.8, 4) is 11.1 Å². The van der Waals surface area contributed by atoms with Gasteiger partial charge in [0.1, 0.15) is 17.3 Å². The Morgan fingerprint density at radius 2 is 1.87 bits per heavy atom. The predicted octanol–water partition coefficient (Wildman–Crippen LogP) is 3.95. The number of hydrogen-bond donors (Lipinski definition) is 2. The summed E-state index contributed by atoms with van der Waals surface area (Å²) in [4.78, 5) is 22.4. The number of hydrogen-bond acceptors (Lipinski definition) is 5. The van der Waals surface area contributed by atoms with Crippen LogP contribution in [0.5, 0.6) is 0 Å². The maximum atomic E-state index is 14.5. The molecule has 0 aliphatic carbocycles. The van der Waals surface area contributed by atoms with Crippen LogP contribution in [0.2, 0.25) is 0 Å². The van der Waals surface area contributed by atoms with Crippen LogP contribution >= 0.6 is 0 Å². The summed E-state index contributed by atoms with van der Waals surface area (Å²) in [6, 6.07) is 12.6. The first kappa shape index (κ1) is 19.2. The number of nitro groups is 1. The van der Waals surface area contributed by atoms with E-state index in [1.165, 1.54) is 48.5 Å². The van der Waals surface area contributed by atoms with Crippen molar-refractivity contribution in [3.63, 3.8) is 0 Å². The Balaban J connectivity index is 1.79. The highest BCUT2D eigenvalue weighted by molar-refractivity contribution is 5.84. The molecule has 9 heteroatoms. The van der Waals surface area contributed by atoms with Crippen LogP contribution in [-0.4, -0.2) is 15.1 Å². The Morgan fingerprint density at radius 1 is 1.07 bits per heavy atom. The van der Waals surface area contributed by atoms with Gasteiger partial charge in [0, 0.05) is 23.4 Å². The molecule has 150 valence electrons. The number of nitrogens with one attached hydrogen (secondary N) is 1. The lowest BCUT2D eigenvalue weighted by molar-refractivity contribution is -0.383. The number of nitrogens with two attached hydrogens (primary N) is 1. The van der Waals surface area contributed by atoms with E-state index in [1.807, 2.05) is 0 Å². The Morgan fingerprint density at radius 3 is 2.63 bits per heavy atom. The summed E-state index contributed by atoms with van der Waals surface area (Å²) in [6.45, 7) is 0. The molecule has 0 fully saturated rings. The number of aromatic nitrogens is 2. The fourth-order valence-corrected chi connectivity index (χ4v) is 3.33. The molecule has 0 aliphatic rings. The molecule has 0 unspecified atom stereocenters. The fraction of sp³-hybridized carbons (Fsp3) is 0.0476. The molecule has 7 nitrogen and oxygen atoms in total. The highest BCUT2D eigenvalue weighted by Gasteiger charge is 2.16. The van der Waals surface area contributed by atoms with Gasteiger partial charge in [0.25, 0.3) is 11.2 Å². The average molecular weight is 408 g/mol. The number of halogens is 2. The van der Waals surface area contributed by atoms with E-state index in [9.17, 15) is 23.7 Å². The van der Waals surface area contributed by atoms with Crippen molar-refractivity contribution >= 4 is 22.1 Å². The normalized spacial score (nSPS) is 11.0. The highest BCUT2D eigenvalue weighted by Crippen LogP contribution is 2.31. The minimum Gasteiger partial charge on any atom is -0.393 e. The van der Waals surface area contributed by atoms with Gasteiger partial charge in [-0.3, -0.25) is 14.9 Å². The third-order valence-corrected chi connectivity index (χ3v) is 4.78. The lowest BCUT2D eigenvalue weighted by atomic mass is 9.98. The molecule has 1 heterocycles. The monoisotopic (exact) mass is 408 g/mol. The molecule has 0 aliphatic heterocycles. The summed E-state index contributed by atoms with van der Waals surface area (Å²) in [7, 11) is 0. The van der Waals surface area contributed by atoms with Gasteiger partial charge in [-0.1, -0.05) is 24.3 Å². The van der Waals surface area contributed by atoms with Crippen molar-refractivity contribution in [2.45, 2.75) is 6.42 Å². The molecule has 3 N–H and O–H groups in total. The molecule has 4 aromatic rings. The van der Waals surface area contributed by atoms with E-state index in [4.69, 9.17) is 5.73 Å². The molecule has 0 spiro atoms. The Bertz CT molecular complexity index is 1370. The molecule has 0 saturated carbocycles. The highest BCUT2D eigenvalue weighted by atomic mass is 19.1. The third-order valence-electron chi connectivity index (χ3n) is 4.78. The topological polar surface area (TPSA) is 115 Å². The van der Waals surface area contributed by atoms with Crippen molar-refractivity contribution in [1.29, 1.82) is 0 Å². The van der Waals surface area contributed by atoms with Crippen LogP contribution < -0.4 is 11.3 Å². The van der Waals surface area contributed by atoms with E-state index in [-0.39, 0.29) is 28.7 Å². The van der Waals surface area contributed by atoms with Crippen molar-refractivity contribution < 1.29 is 13.7 Å². The number of benzene rings is 3. The SMILES string of the molecule is Nc1ccc(-c2cc(Cc3n[nH]c(=O)c4c(F)cccc34)ccc2F)cc1[N+](=O)[O-]. The molecule has 0 bridgehead atoms. The zero-order chi connectivity index (χ0) is 21.4. The number of nitro benzene ring substituents is 1. The zero-order valence-electron chi connectivity index (χ0n) is 15.4. The van der Waals surface area contributed by atoms with E-state index < -0.39 is 22.1 Å². The number of aromatic amines is 1. The Labute approximate surface area is 167 Å². The molecule has 30 heavy (non-hydrogen) atoms. The van der Waals surface area contributed by atoms with Crippen LogP contribution in [0, 0.1) is 21.7 Å². The molecule has 0 saturated heterocycles. The lowest BCUT2D eigenvalue weighted by Crippen LogP contribution is -2.12. The smallest absolute Gasteiger partial charge is 0.292 e. The maximum absolute atomic E-state index is 14.5. The van der Waals surface area contributed by atoms with E-state index in [2.05, 4.69) is 10.2 Å². The summed E-state index contributed by atoms with van der Waals surface area (Å²) in [5.41, 5.74) is 6.10. The lowest BCUT2D eigenvalue weighted by Gasteiger charge is -2.09.